The van der Waals surface area contributed by atoms with E-state index in [-0.39, 0.29) is 18.1 Å². The Hall–Kier alpha value is -2.47. The van der Waals surface area contributed by atoms with Crippen molar-refractivity contribution in [2.24, 2.45) is 0 Å². The highest BCUT2D eigenvalue weighted by Gasteiger charge is 2.19. The zero-order chi connectivity index (χ0) is 19.1. The van der Waals surface area contributed by atoms with Gasteiger partial charge in [0.1, 0.15) is 6.61 Å². The molecule has 0 aliphatic heterocycles. The highest BCUT2D eigenvalue weighted by Crippen LogP contribution is 2.28. The van der Waals surface area contributed by atoms with Crippen LogP contribution in [0.25, 0.3) is 4.96 Å². The maximum atomic E-state index is 12.6. The van der Waals surface area contributed by atoms with Crippen LogP contribution in [0.1, 0.15) is 63.4 Å². The van der Waals surface area contributed by atoms with Gasteiger partial charge in [0, 0.05) is 16.6 Å². The van der Waals surface area contributed by atoms with E-state index in [2.05, 4.69) is 4.98 Å². The van der Waals surface area contributed by atoms with Crippen LogP contribution in [0.15, 0.2) is 29.1 Å². The lowest BCUT2D eigenvalue weighted by molar-refractivity contribution is 0.0467. The van der Waals surface area contributed by atoms with Crippen molar-refractivity contribution in [3.05, 3.63) is 67.6 Å². The number of thiazole rings is 1. The van der Waals surface area contributed by atoms with Gasteiger partial charge < -0.3 is 4.74 Å². The summed E-state index contributed by atoms with van der Waals surface area (Å²) in [5.74, 6) is -0.360. The summed E-state index contributed by atoms with van der Waals surface area (Å²) < 4.78 is 7.20. The van der Waals surface area contributed by atoms with Gasteiger partial charge in [-0.2, -0.15) is 0 Å². The van der Waals surface area contributed by atoms with Gasteiger partial charge in [0.05, 0.1) is 11.3 Å². The van der Waals surface area contributed by atoms with Crippen molar-refractivity contribution in [2.75, 3.05) is 0 Å². The monoisotopic (exact) mass is 394 g/mol. The van der Waals surface area contributed by atoms with E-state index in [1.54, 1.807) is 15.7 Å². The Morgan fingerprint density at radius 1 is 1.04 bits per heavy atom. The third-order valence-corrected chi connectivity index (χ3v) is 6.89. The number of esters is 1. The minimum Gasteiger partial charge on any atom is -0.456 e. The Labute approximate surface area is 167 Å². The maximum Gasteiger partial charge on any atom is 0.338 e. The molecule has 0 unspecified atom stereocenters. The number of hydrogen-bond acceptors (Lipinski definition) is 5. The van der Waals surface area contributed by atoms with Crippen LogP contribution in [0.4, 0.5) is 0 Å². The minimum absolute atomic E-state index is 0.0181. The Morgan fingerprint density at radius 2 is 1.82 bits per heavy atom. The predicted octanol–water partition coefficient (Wildman–Crippen LogP) is 3.87. The van der Waals surface area contributed by atoms with Crippen molar-refractivity contribution in [1.82, 2.24) is 9.38 Å². The van der Waals surface area contributed by atoms with Crippen LogP contribution in [0.2, 0.25) is 0 Å². The molecule has 2 heterocycles. The average molecular weight is 394 g/mol. The van der Waals surface area contributed by atoms with Gasteiger partial charge in [0.15, 0.2) is 4.96 Å². The first-order chi connectivity index (χ1) is 13.7. The summed E-state index contributed by atoms with van der Waals surface area (Å²) in [6.45, 7) is 0.0181. The molecule has 0 saturated heterocycles. The second-order valence-electron chi connectivity index (χ2n) is 7.65. The molecule has 0 radical (unpaired) electrons. The largest absolute Gasteiger partial charge is 0.456 e. The molecule has 0 spiro atoms. The summed E-state index contributed by atoms with van der Waals surface area (Å²) in [6.07, 6.45) is 8.73. The SMILES string of the molecule is O=C(OCc1cc(=O)n2c3c(sc2n1)CCCC3)c1ccc2c(c1)CCCC2. The fraction of sp³-hybridized carbons (Fsp3) is 0.409. The number of aromatic nitrogens is 2. The van der Waals surface area contributed by atoms with Crippen molar-refractivity contribution in [2.45, 2.75) is 58.0 Å². The van der Waals surface area contributed by atoms with Gasteiger partial charge in [-0.1, -0.05) is 6.07 Å². The molecule has 2 aromatic heterocycles. The lowest BCUT2D eigenvalue weighted by Crippen LogP contribution is -2.18. The Bertz CT molecular complexity index is 1130. The molecule has 28 heavy (non-hydrogen) atoms. The van der Waals surface area contributed by atoms with Crippen LogP contribution < -0.4 is 5.56 Å². The average Bonchev–Trinajstić information content (AvgIpc) is 3.10. The van der Waals surface area contributed by atoms with Crippen LogP contribution in [-0.2, 0) is 37.0 Å². The highest BCUT2D eigenvalue weighted by molar-refractivity contribution is 7.17. The van der Waals surface area contributed by atoms with E-state index in [1.807, 2.05) is 18.2 Å². The van der Waals surface area contributed by atoms with Crippen LogP contribution in [-0.4, -0.2) is 15.4 Å². The second kappa shape index (κ2) is 7.17. The summed E-state index contributed by atoms with van der Waals surface area (Å²) in [5.41, 5.74) is 4.71. The molecule has 3 aromatic rings. The van der Waals surface area contributed by atoms with Crippen LogP contribution in [0.5, 0.6) is 0 Å². The molecular formula is C22H22N2O3S. The molecule has 1 aromatic carbocycles. The summed E-state index contributed by atoms with van der Waals surface area (Å²) in [7, 11) is 0. The van der Waals surface area contributed by atoms with E-state index in [0.717, 1.165) is 37.8 Å². The van der Waals surface area contributed by atoms with Gasteiger partial charge >= 0.3 is 5.97 Å². The molecule has 144 valence electrons. The first-order valence-corrected chi connectivity index (χ1v) is 10.8. The summed E-state index contributed by atoms with van der Waals surface area (Å²) in [6, 6.07) is 7.33. The zero-order valence-corrected chi connectivity index (χ0v) is 16.5. The third kappa shape index (κ3) is 3.15. The van der Waals surface area contributed by atoms with Crippen molar-refractivity contribution < 1.29 is 9.53 Å². The number of carbonyl (C=O) groups excluding carboxylic acids is 1. The summed E-state index contributed by atoms with van der Waals surface area (Å²) in [5, 5.41) is 0. The third-order valence-electron chi connectivity index (χ3n) is 5.75. The van der Waals surface area contributed by atoms with Gasteiger partial charge in [-0.05, 0) is 74.6 Å². The summed E-state index contributed by atoms with van der Waals surface area (Å²) in [4.78, 5) is 31.6. The number of ether oxygens (including phenoxy) is 1. The van der Waals surface area contributed by atoms with Gasteiger partial charge in [-0.15, -0.1) is 11.3 Å². The smallest absolute Gasteiger partial charge is 0.338 e. The van der Waals surface area contributed by atoms with Crippen LogP contribution in [0, 0.1) is 0 Å². The van der Waals surface area contributed by atoms with Gasteiger partial charge in [0.2, 0.25) is 0 Å². The lowest BCUT2D eigenvalue weighted by atomic mass is 9.90. The molecule has 0 bridgehead atoms. The first-order valence-electron chi connectivity index (χ1n) is 10.0. The standard InChI is InChI=1S/C22H22N2O3S/c25-20-12-17(23-22-24(20)18-7-3-4-8-19(18)28-22)13-27-21(26)16-10-9-14-5-1-2-6-15(14)11-16/h9-12H,1-8,13H2. The van der Waals surface area contributed by atoms with E-state index >= 15 is 0 Å². The van der Waals surface area contributed by atoms with Crippen molar-refractivity contribution >= 4 is 22.3 Å². The maximum absolute atomic E-state index is 12.6. The van der Waals surface area contributed by atoms with E-state index < -0.39 is 0 Å². The van der Waals surface area contributed by atoms with Crippen LogP contribution >= 0.6 is 11.3 Å². The van der Waals surface area contributed by atoms with Gasteiger partial charge in [-0.3, -0.25) is 9.20 Å². The number of fused-ring (bicyclic) bond motifs is 4. The predicted molar refractivity (Wildman–Crippen MR) is 108 cm³/mol. The number of rotatable bonds is 3. The van der Waals surface area contributed by atoms with Crippen molar-refractivity contribution in [3.8, 4) is 0 Å². The number of hydrogen-bond donors (Lipinski definition) is 0. The zero-order valence-electron chi connectivity index (χ0n) is 15.7. The van der Waals surface area contributed by atoms with Gasteiger partial charge in [0.25, 0.3) is 5.56 Å². The normalized spacial score (nSPS) is 15.9. The fourth-order valence-electron chi connectivity index (χ4n) is 4.30. The quantitative estimate of drug-likeness (QED) is 0.633. The Balaban J connectivity index is 1.36. The topological polar surface area (TPSA) is 60.7 Å². The minimum atomic E-state index is -0.360. The molecule has 2 aliphatic rings. The number of nitrogens with zero attached hydrogens (tertiary/aromatic N) is 2. The molecule has 0 N–H and O–H groups in total. The number of benzene rings is 1. The molecule has 0 saturated carbocycles. The number of carbonyl (C=O) groups is 1. The van der Waals surface area contributed by atoms with E-state index in [4.69, 9.17) is 4.74 Å². The lowest BCUT2D eigenvalue weighted by Gasteiger charge is -2.16. The molecule has 5 rings (SSSR count). The molecule has 6 heteroatoms. The molecule has 0 fully saturated rings. The van der Waals surface area contributed by atoms with Crippen molar-refractivity contribution in [1.29, 1.82) is 0 Å². The van der Waals surface area contributed by atoms with E-state index in [0.29, 0.717) is 16.2 Å². The molecule has 5 nitrogen and oxygen atoms in total. The van der Waals surface area contributed by atoms with Crippen LogP contribution in [0.3, 0.4) is 0 Å². The Morgan fingerprint density at radius 3 is 2.71 bits per heavy atom. The Kier molecular flexibility index (Phi) is 4.51. The molecule has 0 amide bonds. The molecular weight excluding hydrogens is 372 g/mol. The van der Waals surface area contributed by atoms with Crippen molar-refractivity contribution in [3.63, 3.8) is 0 Å². The molecule has 0 atom stereocenters. The first kappa shape index (κ1) is 17.6. The van der Waals surface area contributed by atoms with Gasteiger partial charge in [-0.25, -0.2) is 9.78 Å². The number of aryl methyl sites for hydroxylation is 4. The van der Waals surface area contributed by atoms with E-state index in [1.165, 1.54) is 41.3 Å². The fourth-order valence-corrected chi connectivity index (χ4v) is 5.53. The summed E-state index contributed by atoms with van der Waals surface area (Å²) >= 11 is 1.59. The van der Waals surface area contributed by atoms with E-state index in [9.17, 15) is 9.59 Å². The highest BCUT2D eigenvalue weighted by atomic mass is 32.1. The second-order valence-corrected chi connectivity index (χ2v) is 8.71. The molecule has 2 aliphatic carbocycles.